The van der Waals surface area contributed by atoms with E-state index >= 15 is 0 Å². The highest BCUT2D eigenvalue weighted by Crippen LogP contribution is 2.17. The van der Waals surface area contributed by atoms with E-state index in [4.69, 9.17) is 0 Å². The molecule has 2 unspecified atom stereocenters. The molecule has 0 aromatic rings. The molecule has 6 nitrogen and oxygen atoms in total. The lowest BCUT2D eigenvalue weighted by molar-refractivity contribution is -0.264. The summed E-state index contributed by atoms with van der Waals surface area (Å²) < 4.78 is 0. The minimum absolute atomic E-state index is 0.213. The summed E-state index contributed by atoms with van der Waals surface area (Å²) in [6.07, 6.45) is 4.24. The lowest BCUT2D eigenvalue weighted by atomic mass is 9.96. The Morgan fingerprint density at radius 2 is 1.00 bits per heavy atom. The highest BCUT2D eigenvalue weighted by atomic mass is 17.2. The molecular formula is C18H30O6. The zero-order chi connectivity index (χ0) is 18.5. The van der Waals surface area contributed by atoms with Crippen molar-refractivity contribution < 1.29 is 29.0 Å². The molecule has 0 aliphatic carbocycles. The molecular weight excluding hydrogens is 312 g/mol. The maximum Gasteiger partial charge on any atom is 0.365 e. The molecule has 2 atom stereocenters. The second-order valence-electron chi connectivity index (χ2n) is 5.83. The van der Waals surface area contributed by atoms with E-state index in [1.807, 2.05) is 13.8 Å². The minimum atomic E-state index is -0.918. The van der Waals surface area contributed by atoms with Gasteiger partial charge in [0.15, 0.2) is 0 Å². The summed E-state index contributed by atoms with van der Waals surface area (Å²) in [6, 6.07) is 0. The van der Waals surface area contributed by atoms with Crippen molar-refractivity contribution in [2.24, 2.45) is 11.8 Å². The normalized spacial score (nSPS) is 13.0. The molecule has 0 aromatic carbocycles. The van der Waals surface area contributed by atoms with Crippen LogP contribution in [0.25, 0.3) is 0 Å². The highest BCUT2D eigenvalue weighted by Gasteiger charge is 2.31. The maximum atomic E-state index is 12.0. The van der Waals surface area contributed by atoms with Gasteiger partial charge in [-0.1, -0.05) is 53.4 Å². The number of carbonyl (C=O) groups excluding carboxylic acids is 4. The molecule has 0 spiro atoms. The average Bonchev–Trinajstić information content (AvgIpc) is 2.59. The van der Waals surface area contributed by atoms with Gasteiger partial charge in [-0.25, -0.2) is 19.4 Å². The topological polar surface area (TPSA) is 86.7 Å². The second-order valence-corrected chi connectivity index (χ2v) is 5.83. The van der Waals surface area contributed by atoms with Crippen molar-refractivity contribution in [3.05, 3.63) is 0 Å². The number of hydrogen-bond acceptors (Lipinski definition) is 6. The van der Waals surface area contributed by atoms with Crippen molar-refractivity contribution in [3.63, 3.8) is 0 Å². The van der Waals surface area contributed by atoms with Gasteiger partial charge < -0.3 is 0 Å². The quantitative estimate of drug-likeness (QED) is 0.306. The lowest BCUT2D eigenvalue weighted by Crippen LogP contribution is -2.30. The van der Waals surface area contributed by atoms with Crippen molar-refractivity contribution in [2.75, 3.05) is 0 Å². The largest absolute Gasteiger partial charge is 0.365 e. The SMILES string of the molecule is CCCCC(C(=O)CC)C(=O)OOC(=O)C(CCCC)C(=O)CC. The van der Waals surface area contributed by atoms with E-state index in [0.29, 0.717) is 25.7 Å². The molecule has 0 fully saturated rings. The Balaban J connectivity index is 4.73. The summed E-state index contributed by atoms with van der Waals surface area (Å²) >= 11 is 0. The Hall–Kier alpha value is -1.72. The first-order valence-corrected chi connectivity index (χ1v) is 8.90. The van der Waals surface area contributed by atoms with Crippen LogP contribution in [0, 0.1) is 11.8 Å². The fourth-order valence-electron chi connectivity index (χ4n) is 2.33. The van der Waals surface area contributed by atoms with E-state index in [2.05, 4.69) is 9.78 Å². The number of Topliss-reactive ketones (excluding diaryl/α,β-unsaturated/α-hetero) is 2. The van der Waals surface area contributed by atoms with E-state index in [1.54, 1.807) is 13.8 Å². The van der Waals surface area contributed by atoms with E-state index in [1.165, 1.54) is 0 Å². The Morgan fingerprint density at radius 1 is 0.667 bits per heavy atom. The van der Waals surface area contributed by atoms with E-state index in [9.17, 15) is 19.2 Å². The van der Waals surface area contributed by atoms with Gasteiger partial charge in [0.05, 0.1) is 0 Å². The molecule has 0 saturated heterocycles. The van der Waals surface area contributed by atoms with Crippen LogP contribution in [0.4, 0.5) is 0 Å². The van der Waals surface area contributed by atoms with Gasteiger partial charge in [-0.3, -0.25) is 9.59 Å². The summed E-state index contributed by atoms with van der Waals surface area (Å²) in [5, 5.41) is 0. The molecule has 0 radical (unpaired) electrons. The molecule has 0 rings (SSSR count). The fraction of sp³-hybridized carbons (Fsp3) is 0.778. The maximum absolute atomic E-state index is 12.0. The summed E-state index contributed by atoms with van der Waals surface area (Å²) in [5.74, 6) is -4.03. The number of unbranched alkanes of at least 4 members (excludes halogenated alkanes) is 2. The third-order valence-electron chi connectivity index (χ3n) is 3.94. The van der Waals surface area contributed by atoms with Gasteiger partial charge in [0.2, 0.25) is 0 Å². The molecule has 0 heterocycles. The molecule has 0 aromatic heterocycles. The summed E-state index contributed by atoms with van der Waals surface area (Å²) in [5.41, 5.74) is 0. The van der Waals surface area contributed by atoms with Crippen molar-refractivity contribution in [3.8, 4) is 0 Å². The van der Waals surface area contributed by atoms with Gasteiger partial charge in [0, 0.05) is 12.8 Å². The number of rotatable bonds is 12. The number of ketones is 2. The van der Waals surface area contributed by atoms with Crippen molar-refractivity contribution in [2.45, 2.75) is 79.1 Å². The van der Waals surface area contributed by atoms with Crippen LogP contribution in [0.15, 0.2) is 0 Å². The van der Waals surface area contributed by atoms with E-state index in [-0.39, 0.29) is 24.4 Å². The molecule has 138 valence electrons. The van der Waals surface area contributed by atoms with Crippen LogP contribution in [0.5, 0.6) is 0 Å². The first-order valence-electron chi connectivity index (χ1n) is 8.90. The van der Waals surface area contributed by atoms with Crippen molar-refractivity contribution in [1.82, 2.24) is 0 Å². The van der Waals surface area contributed by atoms with Crippen LogP contribution in [-0.4, -0.2) is 23.5 Å². The third-order valence-corrected chi connectivity index (χ3v) is 3.94. The molecule has 24 heavy (non-hydrogen) atoms. The van der Waals surface area contributed by atoms with Crippen LogP contribution < -0.4 is 0 Å². The Bertz CT molecular complexity index is 389. The molecule has 0 amide bonds. The Labute approximate surface area is 144 Å². The third kappa shape index (κ3) is 7.70. The Morgan fingerprint density at radius 3 is 1.25 bits per heavy atom. The minimum Gasteiger partial charge on any atom is -0.299 e. The monoisotopic (exact) mass is 342 g/mol. The first-order chi connectivity index (χ1) is 11.4. The average molecular weight is 342 g/mol. The predicted octanol–water partition coefficient (Wildman–Crippen LogP) is 3.56. The van der Waals surface area contributed by atoms with Crippen LogP contribution in [0.3, 0.4) is 0 Å². The van der Waals surface area contributed by atoms with Crippen molar-refractivity contribution in [1.29, 1.82) is 0 Å². The van der Waals surface area contributed by atoms with Gasteiger partial charge >= 0.3 is 11.9 Å². The lowest BCUT2D eigenvalue weighted by Gasteiger charge is -2.15. The zero-order valence-electron chi connectivity index (χ0n) is 15.3. The molecule has 0 N–H and O–H groups in total. The van der Waals surface area contributed by atoms with Crippen LogP contribution >= 0.6 is 0 Å². The summed E-state index contributed by atoms with van der Waals surface area (Å²) in [6.45, 7) is 7.24. The van der Waals surface area contributed by atoms with Gasteiger partial charge in [0.1, 0.15) is 23.4 Å². The fourth-order valence-corrected chi connectivity index (χ4v) is 2.33. The van der Waals surface area contributed by atoms with Gasteiger partial charge in [-0.05, 0) is 12.8 Å². The molecule has 0 saturated carbocycles. The number of carbonyl (C=O) groups is 4. The highest BCUT2D eigenvalue weighted by molar-refractivity contribution is 6.00. The Kier molecular flexibility index (Phi) is 11.8. The van der Waals surface area contributed by atoms with Crippen molar-refractivity contribution >= 4 is 23.5 Å². The van der Waals surface area contributed by atoms with Gasteiger partial charge in [-0.15, -0.1) is 0 Å². The molecule has 0 aliphatic heterocycles. The zero-order valence-corrected chi connectivity index (χ0v) is 15.3. The van der Waals surface area contributed by atoms with Crippen LogP contribution in [0.2, 0.25) is 0 Å². The second kappa shape index (κ2) is 12.7. The van der Waals surface area contributed by atoms with E-state index < -0.39 is 23.8 Å². The van der Waals surface area contributed by atoms with E-state index in [0.717, 1.165) is 12.8 Å². The first kappa shape index (κ1) is 22.3. The standard InChI is InChI=1S/C18H30O6/c1-5-9-11-13(15(19)7-3)17(21)23-24-18(22)14(12-10-6-2)16(20)8-4/h13-14H,5-12H2,1-4H3. The summed E-state index contributed by atoms with van der Waals surface area (Å²) in [4.78, 5) is 56.9. The predicted molar refractivity (Wildman–Crippen MR) is 88.8 cm³/mol. The molecule has 6 heteroatoms. The van der Waals surface area contributed by atoms with Crippen LogP contribution in [-0.2, 0) is 29.0 Å². The molecule has 0 bridgehead atoms. The summed E-state index contributed by atoms with van der Waals surface area (Å²) in [7, 11) is 0. The number of hydrogen-bond donors (Lipinski definition) is 0. The molecule has 0 aliphatic rings. The van der Waals surface area contributed by atoms with Crippen LogP contribution in [0.1, 0.15) is 79.1 Å². The van der Waals surface area contributed by atoms with Gasteiger partial charge in [0.25, 0.3) is 0 Å². The van der Waals surface area contributed by atoms with Gasteiger partial charge in [-0.2, -0.15) is 0 Å². The smallest absolute Gasteiger partial charge is 0.299 e.